The third-order valence-corrected chi connectivity index (χ3v) is 4.57. The number of aromatic carboxylic acids is 1. The van der Waals surface area contributed by atoms with Crippen molar-refractivity contribution in [2.75, 3.05) is 7.05 Å². The highest BCUT2D eigenvalue weighted by atomic mass is 32.1. The first-order valence-corrected chi connectivity index (χ1v) is 8.01. The second kappa shape index (κ2) is 6.16. The molecular weight excluding hydrogens is 316 g/mol. The van der Waals surface area contributed by atoms with Gasteiger partial charge in [-0.25, -0.2) is 9.78 Å². The van der Waals surface area contributed by atoms with E-state index in [1.54, 1.807) is 19.4 Å². The van der Waals surface area contributed by atoms with Crippen molar-refractivity contribution in [3.05, 3.63) is 39.2 Å². The Morgan fingerprint density at radius 1 is 1.39 bits per heavy atom. The van der Waals surface area contributed by atoms with Crippen LogP contribution in [0.3, 0.4) is 0 Å². The van der Waals surface area contributed by atoms with Crippen LogP contribution in [0.15, 0.2) is 15.9 Å². The number of thiazole rings is 1. The van der Waals surface area contributed by atoms with Crippen LogP contribution in [0.25, 0.3) is 0 Å². The summed E-state index contributed by atoms with van der Waals surface area (Å²) >= 11 is 1.46. The lowest BCUT2D eigenvalue weighted by Crippen LogP contribution is -2.26. The van der Waals surface area contributed by atoms with Gasteiger partial charge in [0.05, 0.1) is 11.6 Å². The minimum atomic E-state index is -1.04. The van der Waals surface area contributed by atoms with Gasteiger partial charge in [-0.05, 0) is 13.0 Å². The smallest absolute Gasteiger partial charge is 0.339 e. The molecule has 0 aliphatic heterocycles. The van der Waals surface area contributed by atoms with Gasteiger partial charge in [-0.2, -0.15) is 0 Å². The maximum absolute atomic E-state index is 12.4. The van der Waals surface area contributed by atoms with Gasteiger partial charge in [0.2, 0.25) is 0 Å². The van der Waals surface area contributed by atoms with Gasteiger partial charge < -0.3 is 14.4 Å². The molecule has 0 spiro atoms. The largest absolute Gasteiger partial charge is 0.478 e. The number of carboxylic acids is 1. The van der Waals surface area contributed by atoms with E-state index in [-0.39, 0.29) is 23.4 Å². The summed E-state index contributed by atoms with van der Waals surface area (Å²) < 4.78 is 5.40. The summed E-state index contributed by atoms with van der Waals surface area (Å²) in [7, 11) is 1.64. The molecule has 0 aliphatic rings. The summed E-state index contributed by atoms with van der Waals surface area (Å²) in [5, 5.41) is 11.7. The lowest BCUT2D eigenvalue weighted by atomic mass is 9.98. The second-order valence-corrected chi connectivity index (χ2v) is 7.29. The van der Waals surface area contributed by atoms with E-state index in [2.05, 4.69) is 4.98 Å². The van der Waals surface area contributed by atoms with Crippen LogP contribution in [0.4, 0.5) is 0 Å². The molecule has 2 aromatic rings. The highest BCUT2D eigenvalue weighted by Gasteiger charge is 2.23. The fraction of sp³-hybridized carbons (Fsp3) is 0.438. The van der Waals surface area contributed by atoms with E-state index in [0.29, 0.717) is 17.2 Å². The van der Waals surface area contributed by atoms with Gasteiger partial charge in [-0.15, -0.1) is 11.3 Å². The molecule has 0 saturated carbocycles. The quantitative estimate of drug-likeness (QED) is 0.926. The van der Waals surface area contributed by atoms with E-state index in [1.165, 1.54) is 22.3 Å². The standard InChI is InChI=1S/C16H20N2O4S/c1-9-11(14(20)21)6-10(22-9)7-18(5)13(19)12-8-23-15(17-12)16(2,3)4/h6,8H,7H2,1-5H3,(H,20,21). The molecule has 23 heavy (non-hydrogen) atoms. The van der Waals surface area contributed by atoms with Crippen molar-refractivity contribution in [1.29, 1.82) is 0 Å². The number of rotatable bonds is 4. The van der Waals surface area contributed by atoms with Gasteiger partial charge in [0.15, 0.2) is 0 Å². The number of hydrogen-bond donors (Lipinski definition) is 1. The Labute approximate surface area is 138 Å². The summed E-state index contributed by atoms with van der Waals surface area (Å²) in [5.41, 5.74) is 0.407. The molecule has 1 N–H and O–H groups in total. The topological polar surface area (TPSA) is 83.6 Å². The zero-order valence-electron chi connectivity index (χ0n) is 13.8. The van der Waals surface area contributed by atoms with Crippen LogP contribution in [-0.4, -0.2) is 33.9 Å². The van der Waals surface area contributed by atoms with Gasteiger partial charge in [0, 0.05) is 17.8 Å². The number of nitrogens with zero attached hydrogens (tertiary/aromatic N) is 2. The van der Waals surface area contributed by atoms with E-state index in [0.717, 1.165) is 5.01 Å². The summed E-state index contributed by atoms with van der Waals surface area (Å²) in [6, 6.07) is 1.45. The molecular formula is C16H20N2O4S. The average molecular weight is 336 g/mol. The van der Waals surface area contributed by atoms with Crippen LogP contribution >= 0.6 is 11.3 Å². The minimum absolute atomic E-state index is 0.101. The van der Waals surface area contributed by atoms with E-state index in [4.69, 9.17) is 9.52 Å². The van der Waals surface area contributed by atoms with Crippen molar-refractivity contribution >= 4 is 23.2 Å². The number of carbonyl (C=O) groups excluding carboxylic acids is 1. The highest BCUT2D eigenvalue weighted by Crippen LogP contribution is 2.26. The molecule has 2 rings (SSSR count). The van der Waals surface area contributed by atoms with Crippen molar-refractivity contribution in [3.63, 3.8) is 0 Å². The normalized spacial score (nSPS) is 11.5. The first kappa shape index (κ1) is 17.2. The molecule has 2 aromatic heterocycles. The van der Waals surface area contributed by atoms with Crippen molar-refractivity contribution < 1.29 is 19.1 Å². The first-order chi connectivity index (χ1) is 10.6. The number of hydrogen-bond acceptors (Lipinski definition) is 5. The number of aryl methyl sites for hydroxylation is 1. The summed E-state index contributed by atoms with van der Waals surface area (Å²) in [5.74, 6) is -0.498. The summed E-state index contributed by atoms with van der Waals surface area (Å²) in [4.78, 5) is 29.3. The van der Waals surface area contributed by atoms with Crippen molar-refractivity contribution in [3.8, 4) is 0 Å². The van der Waals surface area contributed by atoms with Crippen molar-refractivity contribution in [1.82, 2.24) is 9.88 Å². The van der Waals surface area contributed by atoms with Crippen LogP contribution < -0.4 is 0 Å². The van der Waals surface area contributed by atoms with Gasteiger partial charge in [0.1, 0.15) is 22.8 Å². The fourth-order valence-corrected chi connectivity index (χ4v) is 2.93. The van der Waals surface area contributed by atoms with E-state index in [9.17, 15) is 9.59 Å². The molecule has 6 nitrogen and oxygen atoms in total. The van der Waals surface area contributed by atoms with E-state index >= 15 is 0 Å². The molecule has 0 bridgehead atoms. The van der Waals surface area contributed by atoms with E-state index < -0.39 is 5.97 Å². The van der Waals surface area contributed by atoms with Crippen LogP contribution in [0, 0.1) is 6.92 Å². The van der Waals surface area contributed by atoms with Crippen LogP contribution in [-0.2, 0) is 12.0 Å². The Morgan fingerprint density at radius 3 is 2.52 bits per heavy atom. The third kappa shape index (κ3) is 3.79. The predicted molar refractivity (Wildman–Crippen MR) is 87.0 cm³/mol. The minimum Gasteiger partial charge on any atom is -0.478 e. The molecule has 0 unspecified atom stereocenters. The number of carbonyl (C=O) groups is 2. The maximum Gasteiger partial charge on any atom is 0.339 e. The van der Waals surface area contributed by atoms with Crippen molar-refractivity contribution in [2.45, 2.75) is 39.7 Å². The van der Waals surface area contributed by atoms with Crippen LogP contribution in [0.1, 0.15) is 58.1 Å². The SMILES string of the molecule is Cc1oc(CN(C)C(=O)c2csc(C(C)(C)C)n2)cc1C(=O)O. The lowest BCUT2D eigenvalue weighted by molar-refractivity contribution is 0.0694. The Balaban J connectivity index is 2.12. The molecule has 0 saturated heterocycles. The Morgan fingerprint density at radius 2 is 2.04 bits per heavy atom. The average Bonchev–Trinajstić information content (AvgIpc) is 3.04. The number of amides is 1. The number of furan rings is 1. The monoisotopic (exact) mass is 336 g/mol. The molecule has 124 valence electrons. The third-order valence-electron chi connectivity index (χ3n) is 3.30. The summed E-state index contributed by atoms with van der Waals surface area (Å²) in [6.07, 6.45) is 0. The highest BCUT2D eigenvalue weighted by molar-refractivity contribution is 7.10. The Hall–Kier alpha value is -2.15. The lowest BCUT2D eigenvalue weighted by Gasteiger charge is -2.15. The molecule has 2 heterocycles. The fourth-order valence-electron chi connectivity index (χ4n) is 2.05. The molecule has 0 radical (unpaired) electrons. The van der Waals surface area contributed by atoms with Gasteiger partial charge in [-0.3, -0.25) is 4.79 Å². The van der Waals surface area contributed by atoms with E-state index in [1.807, 2.05) is 20.8 Å². The maximum atomic E-state index is 12.4. The molecule has 0 aliphatic carbocycles. The van der Waals surface area contributed by atoms with Gasteiger partial charge in [-0.1, -0.05) is 20.8 Å². The molecule has 7 heteroatoms. The number of carboxylic acid groups (broad SMARTS) is 1. The second-order valence-electron chi connectivity index (χ2n) is 6.44. The summed E-state index contributed by atoms with van der Waals surface area (Å²) in [6.45, 7) is 7.91. The van der Waals surface area contributed by atoms with Crippen LogP contribution in [0.5, 0.6) is 0 Å². The molecule has 0 atom stereocenters. The van der Waals surface area contributed by atoms with Gasteiger partial charge >= 0.3 is 5.97 Å². The Bertz CT molecular complexity index is 740. The van der Waals surface area contributed by atoms with Crippen LogP contribution in [0.2, 0.25) is 0 Å². The zero-order chi connectivity index (χ0) is 17.4. The van der Waals surface area contributed by atoms with Crippen molar-refractivity contribution in [2.24, 2.45) is 0 Å². The molecule has 1 amide bonds. The first-order valence-electron chi connectivity index (χ1n) is 7.13. The molecule has 0 aromatic carbocycles. The molecule has 0 fully saturated rings. The predicted octanol–water partition coefficient (Wildman–Crippen LogP) is 3.31. The van der Waals surface area contributed by atoms with Gasteiger partial charge in [0.25, 0.3) is 5.91 Å². The number of aromatic nitrogens is 1. The zero-order valence-corrected chi connectivity index (χ0v) is 14.7. The Kier molecular flexibility index (Phi) is 4.61.